The van der Waals surface area contributed by atoms with Crippen LogP contribution in [0.5, 0.6) is 5.75 Å². The van der Waals surface area contributed by atoms with E-state index in [0.29, 0.717) is 11.8 Å². The second-order valence-electron chi connectivity index (χ2n) is 5.74. The van der Waals surface area contributed by atoms with Crippen molar-refractivity contribution in [3.8, 4) is 16.9 Å². The molecule has 1 aromatic heterocycles. The van der Waals surface area contributed by atoms with Gasteiger partial charge in [-0.25, -0.2) is 0 Å². The first kappa shape index (κ1) is 13.3. The van der Waals surface area contributed by atoms with Crippen molar-refractivity contribution in [1.82, 2.24) is 15.1 Å². The van der Waals surface area contributed by atoms with Crippen molar-refractivity contribution in [1.29, 1.82) is 0 Å². The number of amides is 1. The molecule has 0 aliphatic carbocycles. The molecule has 0 spiro atoms. The van der Waals surface area contributed by atoms with E-state index in [2.05, 4.69) is 26.6 Å². The van der Waals surface area contributed by atoms with Crippen molar-refractivity contribution < 1.29 is 9.53 Å². The molecule has 0 radical (unpaired) electrons. The molecule has 6 heteroatoms. The van der Waals surface area contributed by atoms with Gasteiger partial charge in [0.25, 0.3) is 5.91 Å². The summed E-state index contributed by atoms with van der Waals surface area (Å²) in [5.41, 5.74) is 2.81. The van der Waals surface area contributed by atoms with E-state index in [0.717, 1.165) is 42.7 Å². The summed E-state index contributed by atoms with van der Waals surface area (Å²) in [5.74, 6) is 0.601. The highest BCUT2D eigenvalue weighted by molar-refractivity contribution is 5.96. The zero-order valence-electron chi connectivity index (χ0n) is 12.2. The summed E-state index contributed by atoms with van der Waals surface area (Å²) in [6, 6.07) is 6.30. The van der Waals surface area contributed by atoms with Gasteiger partial charge in [-0.1, -0.05) is 6.07 Å². The van der Waals surface area contributed by atoms with Crippen LogP contribution in [-0.4, -0.2) is 35.4 Å². The van der Waals surface area contributed by atoms with Crippen LogP contribution in [0.2, 0.25) is 0 Å². The molecule has 6 nitrogen and oxygen atoms in total. The van der Waals surface area contributed by atoms with Crippen LogP contribution in [0, 0.1) is 0 Å². The Morgan fingerprint density at radius 1 is 1.23 bits per heavy atom. The van der Waals surface area contributed by atoms with Crippen molar-refractivity contribution in [2.75, 3.05) is 25.0 Å². The molecule has 0 unspecified atom stereocenters. The van der Waals surface area contributed by atoms with Crippen LogP contribution < -0.4 is 15.4 Å². The van der Waals surface area contributed by atoms with Gasteiger partial charge in [0.1, 0.15) is 5.75 Å². The number of carbonyl (C=O) groups is 1. The van der Waals surface area contributed by atoms with Gasteiger partial charge < -0.3 is 15.4 Å². The van der Waals surface area contributed by atoms with Crippen LogP contribution in [0.15, 0.2) is 30.6 Å². The molecule has 0 bridgehead atoms. The first-order valence-corrected chi connectivity index (χ1v) is 7.61. The molecule has 0 saturated carbocycles. The minimum atomic E-state index is -0.116. The van der Waals surface area contributed by atoms with E-state index in [1.807, 2.05) is 24.4 Å². The zero-order chi connectivity index (χ0) is 14.9. The van der Waals surface area contributed by atoms with E-state index in [1.165, 1.54) is 0 Å². The third-order valence-corrected chi connectivity index (χ3v) is 4.23. The Labute approximate surface area is 128 Å². The van der Waals surface area contributed by atoms with Gasteiger partial charge in [-0.3, -0.25) is 9.48 Å². The highest BCUT2D eigenvalue weighted by atomic mass is 16.5. The maximum Gasteiger partial charge on any atom is 0.262 e. The summed E-state index contributed by atoms with van der Waals surface area (Å²) in [6.45, 7) is 2.17. The Morgan fingerprint density at radius 2 is 2.09 bits per heavy atom. The maximum atomic E-state index is 11.4. The molecule has 22 heavy (non-hydrogen) atoms. The lowest BCUT2D eigenvalue weighted by Crippen LogP contribution is -2.29. The highest BCUT2D eigenvalue weighted by Crippen LogP contribution is 2.33. The summed E-state index contributed by atoms with van der Waals surface area (Å²) < 4.78 is 7.45. The first-order chi connectivity index (χ1) is 10.8. The molecule has 1 fully saturated rings. The molecule has 2 aliphatic heterocycles. The highest BCUT2D eigenvalue weighted by Gasteiger charge is 2.18. The van der Waals surface area contributed by atoms with Crippen molar-refractivity contribution in [3.05, 3.63) is 30.6 Å². The predicted molar refractivity (Wildman–Crippen MR) is 82.9 cm³/mol. The SMILES string of the molecule is O=C1COc2ccc(-c3cnn(C4CCNCC4)c3)cc2N1. The Bertz CT molecular complexity index is 704. The summed E-state index contributed by atoms with van der Waals surface area (Å²) >= 11 is 0. The monoisotopic (exact) mass is 298 g/mol. The molecule has 0 atom stereocenters. The van der Waals surface area contributed by atoms with Crippen LogP contribution in [0.1, 0.15) is 18.9 Å². The maximum absolute atomic E-state index is 11.4. The second kappa shape index (κ2) is 5.46. The fraction of sp³-hybridized carbons (Fsp3) is 0.375. The quantitative estimate of drug-likeness (QED) is 0.887. The second-order valence-corrected chi connectivity index (χ2v) is 5.74. The van der Waals surface area contributed by atoms with Gasteiger partial charge >= 0.3 is 0 Å². The van der Waals surface area contributed by atoms with Crippen molar-refractivity contribution in [2.45, 2.75) is 18.9 Å². The smallest absolute Gasteiger partial charge is 0.262 e. The van der Waals surface area contributed by atoms with E-state index in [4.69, 9.17) is 4.74 Å². The van der Waals surface area contributed by atoms with Crippen LogP contribution in [0.4, 0.5) is 5.69 Å². The summed E-state index contributed by atoms with van der Waals surface area (Å²) in [7, 11) is 0. The lowest BCUT2D eigenvalue weighted by Gasteiger charge is -2.22. The number of piperidine rings is 1. The molecular weight excluding hydrogens is 280 g/mol. The van der Waals surface area contributed by atoms with E-state index < -0.39 is 0 Å². The van der Waals surface area contributed by atoms with E-state index >= 15 is 0 Å². The summed E-state index contributed by atoms with van der Waals surface area (Å²) in [6.07, 6.45) is 6.18. The fourth-order valence-corrected chi connectivity index (χ4v) is 3.02. The number of nitrogens with one attached hydrogen (secondary N) is 2. The zero-order valence-corrected chi connectivity index (χ0v) is 12.2. The van der Waals surface area contributed by atoms with Crippen molar-refractivity contribution in [2.24, 2.45) is 0 Å². The van der Waals surface area contributed by atoms with Gasteiger partial charge in [0.15, 0.2) is 6.61 Å². The van der Waals surface area contributed by atoms with Crippen LogP contribution in [-0.2, 0) is 4.79 Å². The van der Waals surface area contributed by atoms with E-state index in [9.17, 15) is 4.79 Å². The number of ether oxygens (including phenoxy) is 1. The molecule has 1 amide bonds. The lowest BCUT2D eigenvalue weighted by atomic mass is 10.1. The fourth-order valence-electron chi connectivity index (χ4n) is 3.02. The number of rotatable bonds is 2. The lowest BCUT2D eigenvalue weighted by molar-refractivity contribution is -0.118. The Morgan fingerprint density at radius 3 is 2.95 bits per heavy atom. The average Bonchev–Trinajstić information content (AvgIpc) is 3.05. The Kier molecular flexibility index (Phi) is 3.31. The number of hydrogen-bond donors (Lipinski definition) is 2. The molecule has 114 valence electrons. The van der Waals surface area contributed by atoms with Gasteiger partial charge in [-0.15, -0.1) is 0 Å². The van der Waals surface area contributed by atoms with Crippen LogP contribution in [0.25, 0.3) is 11.1 Å². The average molecular weight is 298 g/mol. The molecular formula is C16H18N4O2. The van der Waals surface area contributed by atoms with Crippen LogP contribution in [0.3, 0.4) is 0 Å². The molecule has 3 heterocycles. The molecule has 4 rings (SSSR count). The summed E-state index contributed by atoms with van der Waals surface area (Å²) in [4.78, 5) is 11.4. The largest absolute Gasteiger partial charge is 0.482 e. The predicted octanol–water partition coefficient (Wildman–Crippen LogP) is 1.81. The number of carbonyl (C=O) groups excluding carboxylic acids is 1. The third-order valence-electron chi connectivity index (χ3n) is 4.23. The topological polar surface area (TPSA) is 68.2 Å². The third kappa shape index (κ3) is 2.46. The number of hydrogen-bond acceptors (Lipinski definition) is 4. The number of benzene rings is 1. The standard InChI is InChI=1S/C16H18N4O2/c21-16-10-22-15-2-1-11(7-14(15)19-16)12-8-18-20(9-12)13-3-5-17-6-4-13/h1-2,7-9,13,17H,3-6,10H2,(H,19,21). The van der Waals surface area contributed by atoms with Gasteiger partial charge in [0.2, 0.25) is 0 Å². The Hall–Kier alpha value is -2.34. The normalized spacial score (nSPS) is 18.5. The number of aromatic nitrogens is 2. The van der Waals surface area contributed by atoms with Gasteiger partial charge in [0.05, 0.1) is 17.9 Å². The van der Waals surface area contributed by atoms with Gasteiger partial charge in [-0.2, -0.15) is 5.10 Å². The Balaban J connectivity index is 1.61. The molecule has 2 N–H and O–H groups in total. The minimum absolute atomic E-state index is 0.0833. The number of fused-ring (bicyclic) bond motifs is 1. The summed E-state index contributed by atoms with van der Waals surface area (Å²) in [5, 5.41) is 10.7. The number of anilines is 1. The van der Waals surface area contributed by atoms with Crippen LogP contribution >= 0.6 is 0 Å². The van der Waals surface area contributed by atoms with E-state index in [1.54, 1.807) is 0 Å². The molecule has 2 aliphatic rings. The molecule has 1 saturated heterocycles. The van der Waals surface area contributed by atoms with Gasteiger partial charge in [0, 0.05) is 11.8 Å². The van der Waals surface area contributed by atoms with E-state index in [-0.39, 0.29) is 12.5 Å². The minimum Gasteiger partial charge on any atom is -0.482 e. The molecule has 1 aromatic carbocycles. The first-order valence-electron chi connectivity index (χ1n) is 7.61. The molecule has 2 aromatic rings. The number of nitrogens with zero attached hydrogens (tertiary/aromatic N) is 2. The van der Waals surface area contributed by atoms with Crippen molar-refractivity contribution >= 4 is 11.6 Å². The van der Waals surface area contributed by atoms with Crippen molar-refractivity contribution in [3.63, 3.8) is 0 Å². The van der Waals surface area contributed by atoms with Gasteiger partial charge in [-0.05, 0) is 43.6 Å².